The van der Waals surface area contributed by atoms with E-state index in [1.807, 2.05) is 12.4 Å². The van der Waals surface area contributed by atoms with Crippen molar-refractivity contribution in [2.24, 2.45) is 5.92 Å². The fourth-order valence-electron chi connectivity index (χ4n) is 2.87. The quantitative estimate of drug-likeness (QED) is 0.821. The lowest BCUT2D eigenvalue weighted by molar-refractivity contribution is 0.0203. The van der Waals surface area contributed by atoms with E-state index in [4.69, 9.17) is 4.74 Å². The molecule has 1 aliphatic heterocycles. The molecule has 2 rings (SSSR count). The molecular weight excluding hydrogens is 250 g/mol. The molecule has 112 valence electrons. The summed E-state index contributed by atoms with van der Waals surface area (Å²) in [5.74, 6) is 0.603. The summed E-state index contributed by atoms with van der Waals surface area (Å²) >= 11 is 0. The normalized spacial score (nSPS) is 23.1. The van der Waals surface area contributed by atoms with E-state index in [0.717, 1.165) is 45.7 Å². The van der Waals surface area contributed by atoms with E-state index in [2.05, 4.69) is 41.3 Å². The van der Waals surface area contributed by atoms with Gasteiger partial charge < -0.3 is 15.0 Å². The number of hydrogen-bond donors (Lipinski definition) is 1. The second-order valence-corrected chi connectivity index (χ2v) is 5.66. The van der Waals surface area contributed by atoms with Crippen molar-refractivity contribution >= 4 is 0 Å². The van der Waals surface area contributed by atoms with Gasteiger partial charge in [0.25, 0.3) is 0 Å². The predicted octanol–water partition coefficient (Wildman–Crippen LogP) is 1.57. The van der Waals surface area contributed by atoms with Gasteiger partial charge in [-0.25, -0.2) is 0 Å². The third kappa shape index (κ3) is 4.85. The predicted molar refractivity (Wildman–Crippen MR) is 81.8 cm³/mol. The van der Waals surface area contributed by atoms with Crippen LogP contribution < -0.4 is 5.32 Å². The Balaban J connectivity index is 1.76. The second-order valence-electron chi connectivity index (χ2n) is 5.66. The minimum atomic E-state index is 0.603. The molecule has 4 heteroatoms. The zero-order chi connectivity index (χ0) is 14.2. The first-order valence-electron chi connectivity index (χ1n) is 7.68. The molecule has 4 nitrogen and oxygen atoms in total. The number of pyridine rings is 1. The van der Waals surface area contributed by atoms with E-state index < -0.39 is 0 Å². The Labute approximate surface area is 122 Å². The summed E-state index contributed by atoms with van der Waals surface area (Å²) < 4.78 is 5.65. The van der Waals surface area contributed by atoms with Crippen LogP contribution in [0.15, 0.2) is 24.5 Å². The van der Waals surface area contributed by atoms with Gasteiger partial charge in [-0.05, 0) is 44.1 Å². The van der Waals surface area contributed by atoms with Crippen molar-refractivity contribution in [3.63, 3.8) is 0 Å². The Kier molecular flexibility index (Phi) is 6.43. The Morgan fingerprint density at radius 1 is 1.40 bits per heavy atom. The van der Waals surface area contributed by atoms with Gasteiger partial charge in [-0.3, -0.25) is 4.98 Å². The highest BCUT2D eigenvalue weighted by Crippen LogP contribution is 2.16. The Morgan fingerprint density at radius 2 is 2.20 bits per heavy atom. The molecule has 1 saturated heterocycles. The van der Waals surface area contributed by atoms with Gasteiger partial charge in [-0.2, -0.15) is 0 Å². The topological polar surface area (TPSA) is 37.4 Å². The summed E-state index contributed by atoms with van der Waals surface area (Å²) in [5, 5.41) is 3.60. The molecule has 0 aliphatic carbocycles. The monoisotopic (exact) mass is 277 g/mol. The van der Waals surface area contributed by atoms with Crippen molar-refractivity contribution < 1.29 is 4.74 Å². The van der Waals surface area contributed by atoms with Gasteiger partial charge >= 0.3 is 0 Å². The lowest BCUT2D eigenvalue weighted by Crippen LogP contribution is -2.47. The maximum atomic E-state index is 5.65. The first kappa shape index (κ1) is 15.4. The van der Waals surface area contributed by atoms with Crippen molar-refractivity contribution in [3.8, 4) is 0 Å². The van der Waals surface area contributed by atoms with Crippen molar-refractivity contribution in [2.45, 2.75) is 25.8 Å². The average Bonchev–Trinajstić information content (AvgIpc) is 2.49. The molecule has 2 unspecified atom stereocenters. The first-order chi connectivity index (χ1) is 9.79. The summed E-state index contributed by atoms with van der Waals surface area (Å²) in [6, 6.07) is 4.80. The highest BCUT2D eigenvalue weighted by Gasteiger charge is 2.25. The zero-order valence-corrected chi connectivity index (χ0v) is 12.7. The third-order valence-electron chi connectivity index (χ3n) is 4.02. The molecule has 1 aliphatic rings. The minimum Gasteiger partial charge on any atom is -0.381 e. The van der Waals surface area contributed by atoms with E-state index in [1.165, 1.54) is 5.56 Å². The van der Waals surface area contributed by atoms with Crippen molar-refractivity contribution in [1.29, 1.82) is 0 Å². The molecule has 20 heavy (non-hydrogen) atoms. The Morgan fingerprint density at radius 3 is 2.95 bits per heavy atom. The standard InChI is InChI=1S/C16H27N3O/c1-3-18-16-7-11-20-13-15(16)12-19(2)10-6-14-4-8-17-9-5-14/h4-5,8-9,15-16,18H,3,6-7,10-13H2,1-2H3. The zero-order valence-electron chi connectivity index (χ0n) is 12.7. The van der Waals surface area contributed by atoms with E-state index in [1.54, 1.807) is 0 Å². The molecule has 0 saturated carbocycles. The van der Waals surface area contributed by atoms with Gasteiger partial charge in [0, 0.05) is 44.0 Å². The molecule has 2 atom stereocenters. The van der Waals surface area contributed by atoms with E-state index >= 15 is 0 Å². The van der Waals surface area contributed by atoms with Gasteiger partial charge in [-0.1, -0.05) is 6.92 Å². The van der Waals surface area contributed by atoms with Crippen LogP contribution in [0.4, 0.5) is 0 Å². The third-order valence-corrected chi connectivity index (χ3v) is 4.02. The number of ether oxygens (including phenoxy) is 1. The Bertz CT molecular complexity index is 369. The van der Waals surface area contributed by atoms with Crippen molar-refractivity contribution in [3.05, 3.63) is 30.1 Å². The number of rotatable bonds is 7. The SMILES string of the molecule is CCNC1CCOCC1CN(C)CCc1ccncc1. The molecular formula is C16H27N3O. The van der Waals surface area contributed by atoms with Crippen LogP contribution in [0.1, 0.15) is 18.9 Å². The molecule has 1 fully saturated rings. The number of nitrogens with zero attached hydrogens (tertiary/aromatic N) is 2. The molecule has 0 radical (unpaired) electrons. The minimum absolute atomic E-state index is 0.603. The van der Waals surface area contributed by atoms with Crippen LogP contribution in [-0.4, -0.2) is 55.8 Å². The second kappa shape index (κ2) is 8.35. The summed E-state index contributed by atoms with van der Waals surface area (Å²) in [5.41, 5.74) is 1.36. The molecule has 0 amide bonds. The number of aromatic nitrogens is 1. The summed E-state index contributed by atoms with van der Waals surface area (Å²) in [4.78, 5) is 6.48. The molecule has 1 aromatic rings. The van der Waals surface area contributed by atoms with E-state index in [-0.39, 0.29) is 0 Å². The fraction of sp³-hybridized carbons (Fsp3) is 0.688. The van der Waals surface area contributed by atoms with Crippen LogP contribution in [0.5, 0.6) is 0 Å². The van der Waals surface area contributed by atoms with Gasteiger partial charge in [0.05, 0.1) is 6.61 Å². The number of nitrogens with one attached hydrogen (secondary N) is 1. The summed E-state index contributed by atoms with van der Waals surface area (Å²) in [6.07, 6.45) is 5.95. The molecule has 0 spiro atoms. The highest BCUT2D eigenvalue weighted by atomic mass is 16.5. The van der Waals surface area contributed by atoms with Crippen LogP contribution in [-0.2, 0) is 11.2 Å². The van der Waals surface area contributed by atoms with Gasteiger partial charge in [0.2, 0.25) is 0 Å². The van der Waals surface area contributed by atoms with Crippen LogP contribution >= 0.6 is 0 Å². The fourth-order valence-corrected chi connectivity index (χ4v) is 2.87. The average molecular weight is 277 g/mol. The first-order valence-corrected chi connectivity index (χ1v) is 7.68. The molecule has 1 aromatic heterocycles. The van der Waals surface area contributed by atoms with Gasteiger partial charge in [-0.15, -0.1) is 0 Å². The maximum Gasteiger partial charge on any atom is 0.0521 e. The van der Waals surface area contributed by atoms with Crippen LogP contribution in [0.3, 0.4) is 0 Å². The van der Waals surface area contributed by atoms with E-state index in [0.29, 0.717) is 12.0 Å². The van der Waals surface area contributed by atoms with Crippen LogP contribution in [0, 0.1) is 5.92 Å². The maximum absolute atomic E-state index is 5.65. The van der Waals surface area contributed by atoms with Crippen molar-refractivity contribution in [2.75, 3.05) is 39.9 Å². The molecule has 0 bridgehead atoms. The molecule has 1 N–H and O–H groups in total. The smallest absolute Gasteiger partial charge is 0.0521 e. The molecule has 0 aromatic carbocycles. The largest absolute Gasteiger partial charge is 0.381 e. The van der Waals surface area contributed by atoms with Crippen molar-refractivity contribution in [1.82, 2.24) is 15.2 Å². The molecule has 2 heterocycles. The number of hydrogen-bond acceptors (Lipinski definition) is 4. The highest BCUT2D eigenvalue weighted by molar-refractivity contribution is 5.09. The van der Waals surface area contributed by atoms with Gasteiger partial charge in [0.1, 0.15) is 0 Å². The summed E-state index contributed by atoms with van der Waals surface area (Å²) in [7, 11) is 2.21. The summed E-state index contributed by atoms with van der Waals surface area (Å²) in [6.45, 7) is 7.19. The van der Waals surface area contributed by atoms with Crippen LogP contribution in [0.25, 0.3) is 0 Å². The van der Waals surface area contributed by atoms with Crippen LogP contribution in [0.2, 0.25) is 0 Å². The van der Waals surface area contributed by atoms with E-state index in [9.17, 15) is 0 Å². The number of likely N-dealkylation sites (N-methyl/N-ethyl adjacent to an activating group) is 1. The van der Waals surface area contributed by atoms with Gasteiger partial charge in [0.15, 0.2) is 0 Å². The lowest BCUT2D eigenvalue weighted by Gasteiger charge is -2.34. The Hall–Kier alpha value is -0.970. The lowest BCUT2D eigenvalue weighted by atomic mass is 9.95.